The maximum absolute atomic E-state index is 12.4. The molecule has 0 saturated carbocycles. The lowest BCUT2D eigenvalue weighted by Crippen LogP contribution is -2.27. The Morgan fingerprint density at radius 3 is 2.36 bits per heavy atom. The first kappa shape index (κ1) is 21.6. The van der Waals surface area contributed by atoms with Gasteiger partial charge in [-0.2, -0.15) is 0 Å². The Morgan fingerprint density at radius 1 is 1.14 bits per heavy atom. The highest BCUT2D eigenvalue weighted by atomic mass is 32.2. The third-order valence-electron chi connectivity index (χ3n) is 4.00. The summed E-state index contributed by atoms with van der Waals surface area (Å²) in [5.74, 6) is 0.314. The van der Waals surface area contributed by atoms with Crippen molar-refractivity contribution < 1.29 is 14.4 Å². The Bertz CT molecular complexity index is 869. The van der Waals surface area contributed by atoms with Gasteiger partial charge in [-0.3, -0.25) is 14.4 Å². The molecular weight excluding hydrogens is 378 g/mol. The molecule has 2 aromatic rings. The first-order chi connectivity index (χ1) is 13.1. The summed E-state index contributed by atoms with van der Waals surface area (Å²) in [6, 6.07) is 6.81. The van der Waals surface area contributed by atoms with Crippen molar-refractivity contribution in [2.75, 3.05) is 11.1 Å². The van der Waals surface area contributed by atoms with E-state index in [-0.39, 0.29) is 23.9 Å². The maximum atomic E-state index is 12.4. The number of anilines is 1. The Balaban J connectivity index is 1.93. The molecule has 0 atom stereocenters. The highest BCUT2D eigenvalue weighted by Gasteiger charge is 2.21. The highest BCUT2D eigenvalue weighted by Crippen LogP contribution is 2.20. The van der Waals surface area contributed by atoms with E-state index in [1.54, 1.807) is 35.9 Å². The zero-order chi connectivity index (χ0) is 20.9. The SMILES string of the molecule is Cn1c(CCC(N)=O)nnc1SCC(=O)c1ccc(NC(=O)C(C)(C)C)cc1. The number of nitrogens with one attached hydrogen (secondary N) is 1. The van der Waals surface area contributed by atoms with Crippen LogP contribution in [0.15, 0.2) is 29.4 Å². The average molecular weight is 404 g/mol. The fourth-order valence-corrected chi connectivity index (χ4v) is 3.02. The molecule has 2 amide bonds. The van der Waals surface area contributed by atoms with Crippen LogP contribution in [-0.2, 0) is 23.1 Å². The molecule has 9 heteroatoms. The first-order valence-electron chi connectivity index (χ1n) is 8.82. The van der Waals surface area contributed by atoms with E-state index in [0.29, 0.717) is 28.7 Å². The lowest BCUT2D eigenvalue weighted by atomic mass is 9.95. The van der Waals surface area contributed by atoms with E-state index in [4.69, 9.17) is 5.73 Å². The summed E-state index contributed by atoms with van der Waals surface area (Å²) in [7, 11) is 1.79. The van der Waals surface area contributed by atoms with E-state index in [0.717, 1.165) is 0 Å². The number of amides is 2. The number of rotatable bonds is 8. The van der Waals surface area contributed by atoms with Crippen LogP contribution in [0.25, 0.3) is 0 Å². The van der Waals surface area contributed by atoms with Gasteiger partial charge in [-0.25, -0.2) is 0 Å². The topological polar surface area (TPSA) is 120 Å². The van der Waals surface area contributed by atoms with Gasteiger partial charge in [-0.05, 0) is 24.3 Å². The Kier molecular flexibility index (Phi) is 6.95. The van der Waals surface area contributed by atoms with Crippen molar-refractivity contribution in [3.05, 3.63) is 35.7 Å². The summed E-state index contributed by atoms with van der Waals surface area (Å²) in [6.45, 7) is 5.51. The molecule has 28 heavy (non-hydrogen) atoms. The molecule has 0 aliphatic carbocycles. The van der Waals surface area contributed by atoms with Crippen LogP contribution >= 0.6 is 11.8 Å². The number of benzene rings is 1. The van der Waals surface area contributed by atoms with E-state index in [1.807, 2.05) is 20.8 Å². The van der Waals surface area contributed by atoms with Gasteiger partial charge in [0.2, 0.25) is 11.8 Å². The third-order valence-corrected chi connectivity index (χ3v) is 5.02. The van der Waals surface area contributed by atoms with Crippen molar-refractivity contribution in [3.63, 3.8) is 0 Å². The maximum Gasteiger partial charge on any atom is 0.229 e. The summed E-state index contributed by atoms with van der Waals surface area (Å²) in [4.78, 5) is 35.3. The van der Waals surface area contributed by atoms with Crippen LogP contribution in [-0.4, -0.2) is 38.1 Å². The number of nitrogens with zero attached hydrogens (tertiary/aromatic N) is 3. The molecule has 0 aliphatic rings. The Labute approximate surface area is 168 Å². The minimum absolute atomic E-state index is 0.0552. The second kappa shape index (κ2) is 9.01. The van der Waals surface area contributed by atoms with E-state index < -0.39 is 11.3 Å². The van der Waals surface area contributed by atoms with Crippen molar-refractivity contribution in [3.8, 4) is 0 Å². The molecule has 150 valence electrons. The van der Waals surface area contributed by atoms with Gasteiger partial charge < -0.3 is 15.6 Å². The predicted molar refractivity (Wildman–Crippen MR) is 108 cm³/mol. The van der Waals surface area contributed by atoms with Crippen molar-refractivity contribution >= 4 is 35.0 Å². The molecule has 0 saturated heterocycles. The number of hydrogen-bond donors (Lipinski definition) is 2. The smallest absolute Gasteiger partial charge is 0.229 e. The number of aryl methyl sites for hydroxylation is 1. The number of carbonyl (C=O) groups is 3. The van der Waals surface area contributed by atoms with Crippen LogP contribution in [0.2, 0.25) is 0 Å². The highest BCUT2D eigenvalue weighted by molar-refractivity contribution is 7.99. The van der Waals surface area contributed by atoms with Crippen molar-refractivity contribution in [1.29, 1.82) is 0 Å². The van der Waals surface area contributed by atoms with Crippen LogP contribution in [0.4, 0.5) is 5.69 Å². The van der Waals surface area contributed by atoms with Crippen molar-refractivity contribution in [2.24, 2.45) is 18.2 Å². The summed E-state index contributed by atoms with van der Waals surface area (Å²) in [5.41, 5.74) is 5.86. The normalized spacial score (nSPS) is 11.3. The predicted octanol–water partition coefficient (Wildman–Crippen LogP) is 2.19. The van der Waals surface area contributed by atoms with Crippen LogP contribution < -0.4 is 11.1 Å². The zero-order valence-corrected chi connectivity index (χ0v) is 17.3. The van der Waals surface area contributed by atoms with Gasteiger partial charge in [0.25, 0.3) is 0 Å². The summed E-state index contributed by atoms with van der Waals surface area (Å²) < 4.78 is 1.76. The molecule has 1 heterocycles. The van der Waals surface area contributed by atoms with Crippen molar-refractivity contribution in [1.82, 2.24) is 14.8 Å². The monoisotopic (exact) mass is 403 g/mol. The molecule has 0 unspecified atom stereocenters. The van der Waals surface area contributed by atoms with Crippen LogP contribution in [0, 0.1) is 5.41 Å². The number of ketones is 1. The number of hydrogen-bond acceptors (Lipinski definition) is 6. The minimum Gasteiger partial charge on any atom is -0.370 e. The first-order valence-corrected chi connectivity index (χ1v) is 9.80. The largest absolute Gasteiger partial charge is 0.370 e. The van der Waals surface area contributed by atoms with Crippen LogP contribution in [0.1, 0.15) is 43.4 Å². The van der Waals surface area contributed by atoms with Gasteiger partial charge in [-0.15, -0.1) is 10.2 Å². The fourth-order valence-electron chi connectivity index (χ4n) is 2.19. The van der Waals surface area contributed by atoms with Crippen LogP contribution in [0.5, 0.6) is 0 Å². The molecule has 0 aliphatic heterocycles. The third kappa shape index (κ3) is 5.91. The molecule has 2 rings (SSSR count). The second-order valence-electron chi connectivity index (χ2n) is 7.42. The number of Topliss-reactive ketones (excluding diaryl/α,β-unsaturated/α-hetero) is 1. The zero-order valence-electron chi connectivity index (χ0n) is 16.5. The van der Waals surface area contributed by atoms with Gasteiger partial charge in [0, 0.05) is 36.6 Å². The van der Waals surface area contributed by atoms with E-state index in [9.17, 15) is 14.4 Å². The number of carbonyl (C=O) groups excluding carboxylic acids is 3. The van der Waals surface area contributed by atoms with Gasteiger partial charge >= 0.3 is 0 Å². The average Bonchev–Trinajstić information content (AvgIpc) is 2.97. The minimum atomic E-state index is -0.489. The summed E-state index contributed by atoms with van der Waals surface area (Å²) in [5, 5.41) is 11.5. The number of nitrogens with two attached hydrogens (primary N) is 1. The molecule has 3 N–H and O–H groups in total. The standard InChI is InChI=1S/C19H25N5O3S/c1-19(2,3)17(27)21-13-7-5-12(6-8-13)14(25)11-28-18-23-22-16(24(18)4)10-9-15(20)26/h5-8H,9-11H2,1-4H3,(H2,20,26)(H,21,27). The lowest BCUT2D eigenvalue weighted by molar-refractivity contribution is -0.123. The fraction of sp³-hybridized carbons (Fsp3) is 0.421. The molecular formula is C19H25N5O3S. The van der Waals surface area contributed by atoms with E-state index in [1.165, 1.54) is 11.8 Å². The second-order valence-corrected chi connectivity index (χ2v) is 8.36. The molecule has 1 aromatic carbocycles. The Morgan fingerprint density at radius 2 is 1.79 bits per heavy atom. The summed E-state index contributed by atoms with van der Waals surface area (Å²) in [6.07, 6.45) is 0.614. The molecule has 0 fully saturated rings. The van der Waals surface area contributed by atoms with Gasteiger partial charge in [-0.1, -0.05) is 32.5 Å². The molecule has 0 bridgehead atoms. The van der Waals surface area contributed by atoms with Crippen molar-refractivity contribution in [2.45, 2.75) is 38.8 Å². The number of aromatic nitrogens is 3. The van der Waals surface area contributed by atoms with E-state index >= 15 is 0 Å². The summed E-state index contributed by atoms with van der Waals surface area (Å²) >= 11 is 1.28. The van der Waals surface area contributed by atoms with Gasteiger partial charge in [0.1, 0.15) is 5.82 Å². The van der Waals surface area contributed by atoms with Gasteiger partial charge in [0.05, 0.1) is 5.75 Å². The van der Waals surface area contributed by atoms with E-state index in [2.05, 4.69) is 15.5 Å². The molecule has 0 spiro atoms. The van der Waals surface area contributed by atoms with Gasteiger partial charge in [0.15, 0.2) is 10.9 Å². The number of primary amides is 1. The Hall–Kier alpha value is -2.68. The molecule has 1 aromatic heterocycles. The quantitative estimate of drug-likeness (QED) is 0.515. The molecule has 8 nitrogen and oxygen atoms in total. The molecule has 0 radical (unpaired) electrons. The lowest BCUT2D eigenvalue weighted by Gasteiger charge is -2.17. The number of thioether (sulfide) groups is 1. The van der Waals surface area contributed by atoms with Crippen LogP contribution in [0.3, 0.4) is 0 Å².